The minimum absolute atomic E-state index is 0.158. The molecule has 0 bridgehead atoms. The van der Waals surface area contributed by atoms with E-state index in [-0.39, 0.29) is 5.91 Å². The van der Waals surface area contributed by atoms with E-state index in [1.807, 2.05) is 30.3 Å². The average molecular weight is 351 g/mol. The Bertz CT molecular complexity index is 908. The average Bonchev–Trinajstić information content (AvgIpc) is 3.12. The summed E-state index contributed by atoms with van der Waals surface area (Å²) in [7, 11) is 1.52. The predicted octanol–water partition coefficient (Wildman–Crippen LogP) is 1.92. The van der Waals surface area contributed by atoms with Crippen molar-refractivity contribution in [1.29, 1.82) is 0 Å². The van der Waals surface area contributed by atoms with E-state index in [4.69, 9.17) is 9.47 Å². The molecule has 0 N–H and O–H groups in total. The summed E-state index contributed by atoms with van der Waals surface area (Å²) in [5.74, 6) is 1.50. The number of aromatic nitrogens is 4. The zero-order valence-electron chi connectivity index (χ0n) is 14.2. The third-order valence-electron chi connectivity index (χ3n) is 4.06. The largest absolute Gasteiger partial charge is 0.487 e. The Labute approximate surface area is 150 Å². The van der Waals surface area contributed by atoms with E-state index in [2.05, 4.69) is 15.1 Å². The van der Waals surface area contributed by atoms with E-state index in [0.717, 1.165) is 5.75 Å². The van der Waals surface area contributed by atoms with Crippen molar-refractivity contribution in [3.05, 3.63) is 60.2 Å². The minimum Gasteiger partial charge on any atom is -0.487 e. The summed E-state index contributed by atoms with van der Waals surface area (Å²) in [6, 6.07) is 11.3. The van der Waals surface area contributed by atoms with Crippen molar-refractivity contribution in [2.45, 2.75) is 13.2 Å². The maximum absolute atomic E-state index is 12.8. The van der Waals surface area contributed by atoms with Crippen LogP contribution < -0.4 is 14.4 Å². The van der Waals surface area contributed by atoms with Crippen LogP contribution in [0.4, 0.5) is 5.82 Å². The fraction of sp³-hybridized carbons (Fsp3) is 0.222. The van der Waals surface area contributed by atoms with Crippen molar-refractivity contribution >= 4 is 11.7 Å². The van der Waals surface area contributed by atoms with Crippen molar-refractivity contribution in [3.8, 4) is 11.6 Å². The van der Waals surface area contributed by atoms with Gasteiger partial charge in [0.05, 0.1) is 26.0 Å². The number of amides is 1. The van der Waals surface area contributed by atoms with Crippen molar-refractivity contribution in [1.82, 2.24) is 19.7 Å². The smallest absolute Gasteiger partial charge is 0.277 e. The Kier molecular flexibility index (Phi) is 4.22. The molecule has 0 radical (unpaired) electrons. The van der Waals surface area contributed by atoms with Crippen LogP contribution in [0.1, 0.15) is 16.2 Å². The van der Waals surface area contributed by atoms with Crippen LogP contribution in [0.15, 0.2) is 48.8 Å². The molecule has 3 heterocycles. The van der Waals surface area contributed by atoms with Gasteiger partial charge in [-0.15, -0.1) is 0 Å². The number of benzene rings is 1. The topological polar surface area (TPSA) is 82.4 Å². The molecule has 1 aliphatic heterocycles. The number of hydrogen-bond acceptors (Lipinski definition) is 6. The molecular formula is C18H17N5O3. The van der Waals surface area contributed by atoms with Gasteiger partial charge in [-0.3, -0.25) is 14.4 Å². The molecule has 26 heavy (non-hydrogen) atoms. The van der Waals surface area contributed by atoms with Gasteiger partial charge in [0.1, 0.15) is 23.7 Å². The third kappa shape index (κ3) is 3.08. The number of methoxy groups -OCH3 is 1. The van der Waals surface area contributed by atoms with Gasteiger partial charge in [0.15, 0.2) is 5.82 Å². The van der Waals surface area contributed by atoms with Crippen molar-refractivity contribution < 1.29 is 14.3 Å². The van der Waals surface area contributed by atoms with Crippen LogP contribution in [0.5, 0.6) is 11.6 Å². The second kappa shape index (κ2) is 6.83. The van der Waals surface area contributed by atoms with E-state index < -0.39 is 0 Å². The fourth-order valence-corrected chi connectivity index (χ4v) is 2.76. The SMILES string of the molecule is COc1cnc(N2CCn3nc(COc4ccccc4)cc3C2=O)cn1. The molecule has 1 aliphatic rings. The van der Waals surface area contributed by atoms with Crippen LogP contribution in [0.25, 0.3) is 0 Å². The van der Waals surface area contributed by atoms with Crippen molar-refractivity contribution in [3.63, 3.8) is 0 Å². The van der Waals surface area contributed by atoms with Crippen LogP contribution in [-0.2, 0) is 13.2 Å². The highest BCUT2D eigenvalue weighted by Crippen LogP contribution is 2.21. The standard InChI is InChI=1S/C18H17N5O3/c1-25-17-11-19-16(10-20-17)22-7-8-23-15(18(22)24)9-13(21-23)12-26-14-5-3-2-4-6-14/h2-6,9-11H,7-8,12H2,1H3. The fourth-order valence-electron chi connectivity index (χ4n) is 2.76. The molecule has 0 fully saturated rings. The molecule has 0 unspecified atom stereocenters. The zero-order valence-corrected chi connectivity index (χ0v) is 14.2. The molecule has 4 rings (SSSR count). The van der Waals surface area contributed by atoms with Crippen molar-refractivity contribution in [2.75, 3.05) is 18.6 Å². The molecule has 0 atom stereocenters. The van der Waals surface area contributed by atoms with Crippen LogP contribution >= 0.6 is 0 Å². The van der Waals surface area contributed by atoms with Gasteiger partial charge in [-0.05, 0) is 18.2 Å². The Morgan fingerprint density at radius 3 is 2.69 bits per heavy atom. The first-order valence-corrected chi connectivity index (χ1v) is 8.17. The molecule has 8 heteroatoms. The second-order valence-electron chi connectivity index (χ2n) is 5.72. The van der Waals surface area contributed by atoms with E-state index in [0.29, 0.717) is 42.8 Å². The number of para-hydroxylation sites is 1. The number of ether oxygens (including phenoxy) is 2. The highest BCUT2D eigenvalue weighted by molar-refractivity contribution is 6.05. The van der Waals surface area contributed by atoms with Gasteiger partial charge in [0, 0.05) is 6.54 Å². The summed E-state index contributed by atoms with van der Waals surface area (Å²) in [6.07, 6.45) is 3.02. The highest BCUT2D eigenvalue weighted by Gasteiger charge is 2.28. The molecule has 1 aromatic carbocycles. The summed E-state index contributed by atoms with van der Waals surface area (Å²) in [4.78, 5) is 22.7. The lowest BCUT2D eigenvalue weighted by molar-refractivity contribution is 0.0961. The first-order chi connectivity index (χ1) is 12.7. The molecule has 3 aromatic rings. The van der Waals surface area contributed by atoms with Gasteiger partial charge in [0.25, 0.3) is 5.91 Å². The van der Waals surface area contributed by atoms with Gasteiger partial charge < -0.3 is 9.47 Å². The number of carbonyl (C=O) groups is 1. The summed E-state index contributed by atoms with van der Waals surface area (Å²) < 4.78 is 12.4. The van der Waals surface area contributed by atoms with Crippen LogP contribution in [-0.4, -0.2) is 39.3 Å². The number of rotatable bonds is 5. The van der Waals surface area contributed by atoms with Gasteiger partial charge in [0.2, 0.25) is 5.88 Å². The van der Waals surface area contributed by atoms with Gasteiger partial charge in [-0.1, -0.05) is 18.2 Å². The first kappa shape index (κ1) is 16.1. The highest BCUT2D eigenvalue weighted by atomic mass is 16.5. The first-order valence-electron chi connectivity index (χ1n) is 8.17. The van der Waals surface area contributed by atoms with Crippen molar-refractivity contribution in [2.24, 2.45) is 0 Å². The molecule has 0 saturated carbocycles. The van der Waals surface area contributed by atoms with Crippen LogP contribution in [0.2, 0.25) is 0 Å². The quantitative estimate of drug-likeness (QED) is 0.698. The maximum Gasteiger partial charge on any atom is 0.277 e. The lowest BCUT2D eigenvalue weighted by Crippen LogP contribution is -2.41. The number of anilines is 1. The molecular weight excluding hydrogens is 334 g/mol. The minimum atomic E-state index is -0.158. The molecule has 132 valence electrons. The predicted molar refractivity (Wildman–Crippen MR) is 93.3 cm³/mol. The summed E-state index contributed by atoms with van der Waals surface area (Å²) >= 11 is 0. The summed E-state index contributed by atoms with van der Waals surface area (Å²) in [6.45, 7) is 1.37. The summed E-state index contributed by atoms with van der Waals surface area (Å²) in [5, 5.41) is 4.46. The molecule has 0 aliphatic carbocycles. The van der Waals surface area contributed by atoms with E-state index in [1.54, 1.807) is 15.6 Å². The maximum atomic E-state index is 12.8. The Morgan fingerprint density at radius 2 is 1.96 bits per heavy atom. The van der Waals surface area contributed by atoms with Crippen LogP contribution in [0, 0.1) is 0 Å². The zero-order chi connectivity index (χ0) is 17.9. The van der Waals surface area contributed by atoms with Gasteiger partial charge in [-0.2, -0.15) is 5.10 Å². The number of nitrogens with zero attached hydrogens (tertiary/aromatic N) is 5. The molecule has 2 aromatic heterocycles. The Hall–Kier alpha value is -3.42. The van der Waals surface area contributed by atoms with Crippen LogP contribution in [0.3, 0.4) is 0 Å². The lowest BCUT2D eigenvalue weighted by atomic mass is 10.2. The van der Waals surface area contributed by atoms with Gasteiger partial charge >= 0.3 is 0 Å². The molecule has 0 spiro atoms. The van der Waals surface area contributed by atoms with E-state index in [9.17, 15) is 4.79 Å². The molecule has 1 amide bonds. The third-order valence-corrected chi connectivity index (χ3v) is 4.06. The number of carbonyl (C=O) groups excluding carboxylic acids is 1. The number of fused-ring (bicyclic) bond motifs is 1. The lowest BCUT2D eigenvalue weighted by Gasteiger charge is -2.26. The second-order valence-corrected chi connectivity index (χ2v) is 5.72. The summed E-state index contributed by atoms with van der Waals surface area (Å²) in [5.41, 5.74) is 1.22. The number of hydrogen-bond donors (Lipinski definition) is 0. The Balaban J connectivity index is 1.50. The molecule has 8 nitrogen and oxygen atoms in total. The van der Waals surface area contributed by atoms with Gasteiger partial charge in [-0.25, -0.2) is 9.97 Å². The van der Waals surface area contributed by atoms with E-state index >= 15 is 0 Å². The monoisotopic (exact) mass is 351 g/mol. The Morgan fingerprint density at radius 1 is 1.12 bits per heavy atom. The normalized spacial score (nSPS) is 13.4. The van der Waals surface area contributed by atoms with E-state index in [1.165, 1.54) is 19.5 Å². The molecule has 0 saturated heterocycles.